The van der Waals surface area contributed by atoms with Crippen LogP contribution in [-0.2, 0) is 6.42 Å². The topological polar surface area (TPSA) is 62.5 Å². The van der Waals surface area contributed by atoms with E-state index >= 15 is 0 Å². The molecule has 25 heavy (non-hydrogen) atoms. The summed E-state index contributed by atoms with van der Waals surface area (Å²) in [6.07, 6.45) is 4.66. The lowest BCUT2D eigenvalue weighted by Gasteiger charge is -2.25. The molecule has 0 aliphatic carbocycles. The molecular formula is C19H21N5O. The van der Waals surface area contributed by atoms with Gasteiger partial charge in [-0.1, -0.05) is 36.4 Å². The van der Waals surface area contributed by atoms with E-state index in [-0.39, 0.29) is 12.1 Å². The summed E-state index contributed by atoms with van der Waals surface area (Å²) < 4.78 is 1.95. The Hall–Kier alpha value is -2.89. The third-order valence-electron chi connectivity index (χ3n) is 4.71. The van der Waals surface area contributed by atoms with Gasteiger partial charge in [0.15, 0.2) is 5.65 Å². The van der Waals surface area contributed by atoms with Crippen LogP contribution in [0.25, 0.3) is 5.65 Å². The number of hydrogen-bond donors (Lipinski definition) is 1. The highest BCUT2D eigenvalue weighted by Crippen LogP contribution is 2.31. The minimum Gasteiger partial charge on any atom is -0.338 e. The first-order valence-corrected chi connectivity index (χ1v) is 8.71. The van der Waals surface area contributed by atoms with E-state index in [1.807, 2.05) is 51.9 Å². The molecule has 6 heteroatoms. The molecule has 3 aromatic rings. The van der Waals surface area contributed by atoms with Crippen LogP contribution < -0.4 is 5.32 Å². The summed E-state index contributed by atoms with van der Waals surface area (Å²) in [6, 6.07) is 16.2. The third kappa shape index (κ3) is 3.20. The zero-order valence-electron chi connectivity index (χ0n) is 14.0. The van der Waals surface area contributed by atoms with Crippen molar-refractivity contribution in [2.24, 2.45) is 0 Å². The molecule has 1 aromatic carbocycles. The normalized spacial score (nSPS) is 17.1. The molecule has 2 aromatic heterocycles. The van der Waals surface area contributed by atoms with Crippen LogP contribution >= 0.6 is 0 Å². The zero-order valence-corrected chi connectivity index (χ0v) is 14.0. The second-order valence-corrected chi connectivity index (χ2v) is 6.29. The van der Waals surface area contributed by atoms with Crippen molar-refractivity contribution >= 4 is 11.7 Å². The van der Waals surface area contributed by atoms with E-state index in [0.29, 0.717) is 13.0 Å². The summed E-state index contributed by atoms with van der Waals surface area (Å²) in [5, 5.41) is 11.4. The Kier molecular flexibility index (Phi) is 4.33. The lowest BCUT2D eigenvalue weighted by Crippen LogP contribution is -2.40. The minimum absolute atomic E-state index is 0.000161. The van der Waals surface area contributed by atoms with Crippen LogP contribution in [0.4, 0.5) is 4.79 Å². The van der Waals surface area contributed by atoms with Crippen molar-refractivity contribution in [2.45, 2.75) is 25.3 Å². The van der Waals surface area contributed by atoms with Crippen LogP contribution in [0.2, 0.25) is 0 Å². The molecule has 1 fully saturated rings. The molecule has 0 bridgehead atoms. The molecule has 6 nitrogen and oxygen atoms in total. The number of carbonyl (C=O) groups is 1. The Morgan fingerprint density at radius 1 is 1.12 bits per heavy atom. The van der Waals surface area contributed by atoms with Gasteiger partial charge in [-0.05, 0) is 30.5 Å². The number of fused-ring (bicyclic) bond motifs is 1. The van der Waals surface area contributed by atoms with Crippen molar-refractivity contribution in [1.82, 2.24) is 24.8 Å². The number of nitrogens with zero attached hydrogens (tertiary/aromatic N) is 4. The van der Waals surface area contributed by atoms with Gasteiger partial charge in [0.2, 0.25) is 0 Å². The van der Waals surface area contributed by atoms with Gasteiger partial charge in [-0.2, -0.15) is 0 Å². The van der Waals surface area contributed by atoms with E-state index in [1.165, 1.54) is 5.56 Å². The van der Waals surface area contributed by atoms with Gasteiger partial charge < -0.3 is 10.2 Å². The van der Waals surface area contributed by atoms with Crippen LogP contribution in [0.3, 0.4) is 0 Å². The molecule has 0 radical (unpaired) electrons. The predicted molar refractivity (Wildman–Crippen MR) is 95.2 cm³/mol. The van der Waals surface area contributed by atoms with Gasteiger partial charge in [0.25, 0.3) is 0 Å². The van der Waals surface area contributed by atoms with E-state index in [2.05, 4.69) is 27.6 Å². The third-order valence-corrected chi connectivity index (χ3v) is 4.71. The first kappa shape index (κ1) is 15.6. The van der Waals surface area contributed by atoms with Crippen LogP contribution in [-0.4, -0.2) is 38.6 Å². The number of aromatic nitrogens is 3. The first-order chi connectivity index (χ1) is 12.3. The van der Waals surface area contributed by atoms with Crippen molar-refractivity contribution in [3.05, 3.63) is 66.1 Å². The van der Waals surface area contributed by atoms with Crippen molar-refractivity contribution in [1.29, 1.82) is 0 Å². The molecule has 4 rings (SSSR count). The SMILES string of the molecule is O=C(NCCc1nnc2ccccn12)N1CCCC1c1ccccc1. The Bertz CT molecular complexity index is 860. The van der Waals surface area contributed by atoms with Gasteiger partial charge in [-0.15, -0.1) is 10.2 Å². The minimum atomic E-state index is 0.000161. The molecule has 0 spiro atoms. The second kappa shape index (κ2) is 6.93. The largest absolute Gasteiger partial charge is 0.338 e. The van der Waals surface area contributed by atoms with E-state index in [1.54, 1.807) is 0 Å². The maximum atomic E-state index is 12.6. The van der Waals surface area contributed by atoms with Gasteiger partial charge in [-0.3, -0.25) is 4.40 Å². The summed E-state index contributed by atoms with van der Waals surface area (Å²) >= 11 is 0. The standard InChI is InChI=1S/C19H21N5O/c25-19(23-14-6-9-16(23)15-7-2-1-3-8-15)20-12-11-18-22-21-17-10-4-5-13-24(17)18/h1-5,7-8,10,13,16H,6,9,11-12,14H2,(H,20,25). The highest BCUT2D eigenvalue weighted by Gasteiger charge is 2.29. The van der Waals surface area contributed by atoms with Crippen molar-refractivity contribution in [3.8, 4) is 0 Å². The Morgan fingerprint density at radius 2 is 1.96 bits per heavy atom. The van der Waals surface area contributed by atoms with Crippen molar-refractivity contribution in [3.63, 3.8) is 0 Å². The molecule has 1 atom stereocenters. The fourth-order valence-electron chi connectivity index (χ4n) is 3.48. The molecule has 1 aliphatic rings. The summed E-state index contributed by atoms with van der Waals surface area (Å²) in [7, 11) is 0. The quantitative estimate of drug-likeness (QED) is 0.797. The maximum absolute atomic E-state index is 12.6. The average molecular weight is 335 g/mol. The highest BCUT2D eigenvalue weighted by molar-refractivity contribution is 5.75. The van der Waals surface area contributed by atoms with Crippen LogP contribution in [0.1, 0.15) is 30.3 Å². The number of likely N-dealkylation sites (tertiary alicyclic amines) is 1. The number of urea groups is 1. The number of nitrogens with one attached hydrogen (secondary N) is 1. The van der Waals surface area contributed by atoms with Crippen LogP contribution in [0.15, 0.2) is 54.7 Å². The zero-order chi connectivity index (χ0) is 17.1. The fourth-order valence-corrected chi connectivity index (χ4v) is 3.48. The number of pyridine rings is 1. The number of hydrogen-bond acceptors (Lipinski definition) is 3. The lowest BCUT2D eigenvalue weighted by atomic mass is 10.1. The van der Waals surface area contributed by atoms with Gasteiger partial charge in [0.05, 0.1) is 6.04 Å². The van der Waals surface area contributed by atoms with Gasteiger partial charge in [0.1, 0.15) is 5.82 Å². The monoisotopic (exact) mass is 335 g/mol. The molecule has 128 valence electrons. The summed E-state index contributed by atoms with van der Waals surface area (Å²) in [5.41, 5.74) is 2.03. The fraction of sp³-hybridized carbons (Fsp3) is 0.316. The molecule has 3 heterocycles. The average Bonchev–Trinajstić information content (AvgIpc) is 3.30. The molecule has 1 N–H and O–H groups in total. The summed E-state index contributed by atoms with van der Waals surface area (Å²) in [4.78, 5) is 14.5. The summed E-state index contributed by atoms with van der Waals surface area (Å²) in [6.45, 7) is 1.35. The smallest absolute Gasteiger partial charge is 0.317 e. The number of amides is 2. The van der Waals surface area contributed by atoms with E-state index in [0.717, 1.165) is 30.9 Å². The number of rotatable bonds is 4. The van der Waals surface area contributed by atoms with Crippen LogP contribution in [0, 0.1) is 0 Å². The Labute approximate surface area is 146 Å². The molecule has 1 aliphatic heterocycles. The van der Waals surface area contributed by atoms with Crippen molar-refractivity contribution in [2.75, 3.05) is 13.1 Å². The molecule has 2 amide bonds. The Morgan fingerprint density at radius 3 is 2.84 bits per heavy atom. The molecule has 1 unspecified atom stereocenters. The molecule has 0 saturated carbocycles. The van der Waals surface area contributed by atoms with Gasteiger partial charge in [-0.25, -0.2) is 4.79 Å². The Balaban J connectivity index is 1.37. The van der Waals surface area contributed by atoms with Gasteiger partial charge in [0, 0.05) is 25.7 Å². The molecule has 1 saturated heterocycles. The number of benzene rings is 1. The van der Waals surface area contributed by atoms with Crippen molar-refractivity contribution < 1.29 is 4.79 Å². The van der Waals surface area contributed by atoms with E-state index in [9.17, 15) is 4.79 Å². The highest BCUT2D eigenvalue weighted by atomic mass is 16.2. The predicted octanol–water partition coefficient (Wildman–Crippen LogP) is 2.82. The van der Waals surface area contributed by atoms with E-state index < -0.39 is 0 Å². The summed E-state index contributed by atoms with van der Waals surface area (Å²) in [5.74, 6) is 0.858. The lowest BCUT2D eigenvalue weighted by molar-refractivity contribution is 0.193. The van der Waals surface area contributed by atoms with E-state index in [4.69, 9.17) is 0 Å². The first-order valence-electron chi connectivity index (χ1n) is 8.71. The maximum Gasteiger partial charge on any atom is 0.317 e. The van der Waals surface area contributed by atoms with Crippen LogP contribution in [0.5, 0.6) is 0 Å². The van der Waals surface area contributed by atoms with Gasteiger partial charge >= 0.3 is 6.03 Å². The number of carbonyl (C=O) groups excluding carboxylic acids is 1. The molecular weight excluding hydrogens is 314 g/mol. The second-order valence-electron chi connectivity index (χ2n) is 6.29.